The third-order valence-electron chi connectivity index (χ3n) is 5.15. The number of thiazole rings is 1. The highest BCUT2D eigenvalue weighted by molar-refractivity contribution is 7.89. The van der Waals surface area contributed by atoms with Crippen molar-refractivity contribution in [2.24, 2.45) is 0 Å². The van der Waals surface area contributed by atoms with Gasteiger partial charge in [-0.25, -0.2) is 13.4 Å². The number of morpholine rings is 1. The topological polar surface area (TPSA) is 83.1 Å². The molecule has 0 aliphatic carbocycles. The zero-order valence-electron chi connectivity index (χ0n) is 16.3. The van der Waals surface area contributed by atoms with Crippen LogP contribution in [0.25, 0.3) is 0 Å². The van der Waals surface area contributed by atoms with Gasteiger partial charge < -0.3 is 14.5 Å². The first-order chi connectivity index (χ1) is 14.0. The van der Waals surface area contributed by atoms with Gasteiger partial charge in [-0.15, -0.1) is 11.3 Å². The number of sulfonamides is 1. The summed E-state index contributed by atoms with van der Waals surface area (Å²) in [7, 11) is -3.74. The summed E-state index contributed by atoms with van der Waals surface area (Å²) in [6.07, 6.45) is 1.85. The molecule has 4 rings (SSSR count). The Balaban J connectivity index is 1.51. The molecule has 2 aliphatic heterocycles. The van der Waals surface area contributed by atoms with Crippen molar-refractivity contribution in [1.29, 1.82) is 0 Å². The van der Waals surface area contributed by atoms with Crippen LogP contribution in [0.3, 0.4) is 0 Å². The number of amides is 1. The quantitative estimate of drug-likeness (QED) is 0.721. The van der Waals surface area contributed by atoms with E-state index in [-0.39, 0.29) is 16.4 Å². The van der Waals surface area contributed by atoms with Gasteiger partial charge in [0.25, 0.3) is 5.91 Å². The van der Waals surface area contributed by atoms with Gasteiger partial charge >= 0.3 is 0 Å². The molecule has 0 atom stereocenters. The first kappa shape index (κ1) is 20.3. The molecule has 0 spiro atoms. The number of rotatable bonds is 4. The Labute approximate surface area is 174 Å². The lowest BCUT2D eigenvalue weighted by molar-refractivity contribution is 0.0722. The molecule has 1 amide bonds. The molecular weight excluding hydrogens is 412 g/mol. The smallest absolute Gasteiger partial charge is 0.255 e. The van der Waals surface area contributed by atoms with Crippen molar-refractivity contribution in [1.82, 2.24) is 14.2 Å². The monoisotopic (exact) mass is 436 g/mol. The van der Waals surface area contributed by atoms with Crippen molar-refractivity contribution in [3.63, 3.8) is 0 Å². The van der Waals surface area contributed by atoms with Crippen molar-refractivity contribution < 1.29 is 17.9 Å². The van der Waals surface area contributed by atoms with E-state index in [2.05, 4.69) is 9.88 Å². The maximum atomic E-state index is 13.2. The molecule has 1 aromatic heterocycles. The highest BCUT2D eigenvalue weighted by atomic mass is 32.2. The molecule has 0 unspecified atom stereocenters. The SMILES string of the molecule is Cc1cnc(N2CCN(C(=O)c3ccccc3S(=O)(=O)N3CCOCC3)CC2)s1. The molecule has 1 aromatic carbocycles. The average Bonchev–Trinajstić information content (AvgIpc) is 3.20. The van der Waals surface area contributed by atoms with Crippen LogP contribution in [0.5, 0.6) is 0 Å². The number of hydrogen-bond acceptors (Lipinski definition) is 7. The molecule has 0 saturated carbocycles. The van der Waals surface area contributed by atoms with Gasteiger partial charge in [-0.3, -0.25) is 4.79 Å². The van der Waals surface area contributed by atoms with Gasteiger partial charge in [0.05, 0.1) is 23.7 Å². The summed E-state index contributed by atoms with van der Waals surface area (Å²) < 4.78 is 32.9. The van der Waals surface area contributed by atoms with Crippen LogP contribution in [0.4, 0.5) is 5.13 Å². The Kier molecular flexibility index (Phi) is 5.86. The molecule has 0 bridgehead atoms. The lowest BCUT2D eigenvalue weighted by Crippen LogP contribution is -2.49. The Morgan fingerprint density at radius 1 is 1.07 bits per heavy atom. The average molecular weight is 437 g/mol. The number of ether oxygens (including phenoxy) is 1. The largest absolute Gasteiger partial charge is 0.379 e. The van der Waals surface area contributed by atoms with Gasteiger partial charge in [0.15, 0.2) is 5.13 Å². The van der Waals surface area contributed by atoms with E-state index in [0.717, 1.165) is 10.0 Å². The maximum absolute atomic E-state index is 13.2. The van der Waals surface area contributed by atoms with E-state index in [4.69, 9.17) is 4.74 Å². The third kappa shape index (κ3) is 4.16. The van der Waals surface area contributed by atoms with E-state index in [9.17, 15) is 13.2 Å². The lowest BCUT2D eigenvalue weighted by Gasteiger charge is -2.35. The van der Waals surface area contributed by atoms with E-state index in [1.54, 1.807) is 34.4 Å². The fourth-order valence-corrected chi connectivity index (χ4v) is 5.96. The van der Waals surface area contributed by atoms with Gasteiger partial charge in [-0.1, -0.05) is 12.1 Å². The summed E-state index contributed by atoms with van der Waals surface area (Å²) >= 11 is 1.64. The minimum Gasteiger partial charge on any atom is -0.379 e. The molecule has 10 heteroatoms. The summed E-state index contributed by atoms with van der Waals surface area (Å²) in [6.45, 7) is 5.78. The molecule has 156 valence electrons. The first-order valence-corrected chi connectivity index (χ1v) is 11.9. The summed E-state index contributed by atoms with van der Waals surface area (Å²) in [6, 6.07) is 6.49. The minimum absolute atomic E-state index is 0.0740. The van der Waals surface area contributed by atoms with Gasteiger partial charge in [-0.2, -0.15) is 4.31 Å². The van der Waals surface area contributed by atoms with E-state index >= 15 is 0 Å². The van der Waals surface area contributed by atoms with E-state index in [1.807, 2.05) is 13.1 Å². The standard InChI is InChI=1S/C19H24N4O4S2/c1-15-14-20-19(28-15)22-8-6-21(7-9-22)18(24)16-4-2-3-5-17(16)29(25,26)23-10-12-27-13-11-23/h2-5,14H,6-13H2,1H3. The third-order valence-corrected chi connectivity index (χ3v) is 8.08. The number of benzene rings is 1. The Morgan fingerprint density at radius 3 is 2.41 bits per heavy atom. The van der Waals surface area contributed by atoms with E-state index in [0.29, 0.717) is 52.5 Å². The number of aromatic nitrogens is 1. The van der Waals surface area contributed by atoms with Gasteiger partial charge in [0.1, 0.15) is 0 Å². The van der Waals surface area contributed by atoms with Crippen LogP contribution in [0.15, 0.2) is 35.4 Å². The van der Waals surface area contributed by atoms with E-state index < -0.39 is 10.0 Å². The van der Waals surface area contributed by atoms with Crippen LogP contribution in [0.2, 0.25) is 0 Å². The molecule has 29 heavy (non-hydrogen) atoms. The second-order valence-corrected chi connectivity index (χ2v) is 10.2. The fourth-order valence-electron chi connectivity index (χ4n) is 3.55. The van der Waals surface area contributed by atoms with Crippen LogP contribution in [-0.4, -0.2) is 81.0 Å². The number of piperazine rings is 1. The highest BCUT2D eigenvalue weighted by Crippen LogP contribution is 2.25. The molecule has 2 aliphatic rings. The van der Waals surface area contributed by atoms with Crippen molar-refractivity contribution >= 4 is 32.4 Å². The summed E-state index contributed by atoms with van der Waals surface area (Å²) in [5.41, 5.74) is 0.234. The second-order valence-electron chi connectivity index (χ2n) is 7.05. The van der Waals surface area contributed by atoms with Crippen LogP contribution in [0, 0.1) is 6.92 Å². The predicted octanol–water partition coefficient (Wildman–Crippen LogP) is 1.43. The molecular formula is C19H24N4O4S2. The van der Waals surface area contributed by atoms with Crippen molar-refractivity contribution in [3.8, 4) is 0 Å². The number of hydrogen-bond donors (Lipinski definition) is 0. The first-order valence-electron chi connectivity index (χ1n) is 9.60. The number of carbonyl (C=O) groups is 1. The normalized spacial score (nSPS) is 18.8. The minimum atomic E-state index is -3.74. The number of anilines is 1. The lowest BCUT2D eigenvalue weighted by atomic mass is 10.2. The van der Waals surface area contributed by atoms with E-state index in [1.165, 1.54) is 10.4 Å². The van der Waals surface area contributed by atoms with Crippen LogP contribution >= 0.6 is 11.3 Å². The molecule has 0 N–H and O–H groups in total. The molecule has 8 nitrogen and oxygen atoms in total. The molecule has 2 fully saturated rings. The maximum Gasteiger partial charge on any atom is 0.255 e. The zero-order valence-corrected chi connectivity index (χ0v) is 17.9. The van der Waals surface area contributed by atoms with Crippen molar-refractivity contribution in [2.45, 2.75) is 11.8 Å². The molecule has 2 saturated heterocycles. The number of nitrogens with zero attached hydrogens (tertiary/aromatic N) is 4. The summed E-state index contributed by atoms with van der Waals surface area (Å²) in [4.78, 5) is 22.7. The number of aryl methyl sites for hydroxylation is 1. The van der Waals surface area contributed by atoms with Crippen LogP contribution in [-0.2, 0) is 14.8 Å². The van der Waals surface area contributed by atoms with Crippen molar-refractivity contribution in [3.05, 3.63) is 40.9 Å². The predicted molar refractivity (Wildman–Crippen MR) is 111 cm³/mol. The fraction of sp³-hybridized carbons (Fsp3) is 0.474. The zero-order chi connectivity index (χ0) is 20.4. The summed E-state index contributed by atoms with van der Waals surface area (Å²) in [5, 5.41) is 0.963. The molecule has 2 aromatic rings. The van der Waals surface area contributed by atoms with Crippen LogP contribution < -0.4 is 4.90 Å². The van der Waals surface area contributed by atoms with Gasteiger partial charge in [-0.05, 0) is 19.1 Å². The Hall–Kier alpha value is -2.01. The van der Waals surface area contributed by atoms with Gasteiger partial charge in [0.2, 0.25) is 10.0 Å². The Bertz CT molecular complexity index is 978. The van der Waals surface area contributed by atoms with Crippen molar-refractivity contribution in [2.75, 3.05) is 57.4 Å². The number of carbonyl (C=O) groups excluding carboxylic acids is 1. The molecule has 3 heterocycles. The Morgan fingerprint density at radius 2 is 1.76 bits per heavy atom. The highest BCUT2D eigenvalue weighted by Gasteiger charge is 2.32. The van der Waals surface area contributed by atoms with Crippen LogP contribution in [0.1, 0.15) is 15.2 Å². The second kappa shape index (κ2) is 8.39. The van der Waals surface area contributed by atoms with Gasteiger partial charge in [0, 0.05) is 50.3 Å². The molecule has 0 radical (unpaired) electrons. The summed E-state index contributed by atoms with van der Waals surface area (Å²) in [5.74, 6) is -0.243.